The molecule has 1 aliphatic heterocycles. The fraction of sp³-hybridized carbons (Fsp3) is 0.500. The van der Waals surface area contributed by atoms with E-state index in [1.54, 1.807) is 0 Å². The van der Waals surface area contributed by atoms with Gasteiger partial charge in [-0.3, -0.25) is 0 Å². The maximum Gasteiger partial charge on any atom is 0.201 e. The Morgan fingerprint density at radius 3 is 2.63 bits per heavy atom. The highest BCUT2D eigenvalue weighted by Crippen LogP contribution is 2.34. The van der Waals surface area contributed by atoms with Gasteiger partial charge in [0, 0.05) is 18.2 Å². The normalized spacial score (nSPS) is 18.9. The predicted molar refractivity (Wildman–Crippen MR) is 73.0 cm³/mol. The Labute approximate surface area is 111 Å². The van der Waals surface area contributed by atoms with Crippen molar-refractivity contribution in [2.24, 2.45) is 0 Å². The van der Waals surface area contributed by atoms with Crippen LogP contribution in [0, 0.1) is 0 Å². The molecule has 2 aromatic rings. The first-order valence-electron chi connectivity index (χ1n) is 6.94. The first-order chi connectivity index (χ1) is 9.38. The molecule has 4 rings (SSSR count). The first kappa shape index (κ1) is 11.0. The van der Waals surface area contributed by atoms with E-state index in [0.29, 0.717) is 19.3 Å². The van der Waals surface area contributed by atoms with E-state index in [2.05, 4.69) is 15.3 Å². The lowest BCUT2D eigenvalue weighted by molar-refractivity contribution is 0.172. The maximum atomic E-state index is 5.58. The Morgan fingerprint density at radius 2 is 1.84 bits per heavy atom. The van der Waals surface area contributed by atoms with Crippen LogP contribution in [0.4, 0.5) is 5.95 Å². The van der Waals surface area contributed by atoms with Crippen molar-refractivity contribution in [3.8, 4) is 11.5 Å². The zero-order valence-corrected chi connectivity index (χ0v) is 10.7. The van der Waals surface area contributed by atoms with Gasteiger partial charge in [-0.15, -0.1) is 0 Å². The molecule has 100 valence electrons. The van der Waals surface area contributed by atoms with E-state index < -0.39 is 0 Å². The molecule has 0 atom stereocenters. The van der Waals surface area contributed by atoms with Crippen LogP contribution in [-0.2, 0) is 0 Å². The minimum absolute atomic E-state index is 0.558. The van der Waals surface area contributed by atoms with Gasteiger partial charge in [0.2, 0.25) is 5.95 Å². The second-order valence-corrected chi connectivity index (χ2v) is 5.22. The van der Waals surface area contributed by atoms with Gasteiger partial charge in [0.25, 0.3) is 0 Å². The largest absolute Gasteiger partial charge is 0.486 e. The van der Waals surface area contributed by atoms with Gasteiger partial charge in [-0.25, -0.2) is 4.98 Å². The molecule has 1 aromatic heterocycles. The minimum atomic E-state index is 0.558. The summed E-state index contributed by atoms with van der Waals surface area (Å²) in [6.45, 7) is 1.22. The summed E-state index contributed by atoms with van der Waals surface area (Å²) in [5, 5.41) is 3.47. The molecule has 2 heterocycles. The number of nitrogens with zero attached hydrogens (tertiary/aromatic N) is 1. The van der Waals surface area contributed by atoms with Gasteiger partial charge in [0.1, 0.15) is 13.2 Å². The van der Waals surface area contributed by atoms with E-state index >= 15 is 0 Å². The fourth-order valence-electron chi connectivity index (χ4n) is 2.88. The summed E-state index contributed by atoms with van der Waals surface area (Å²) in [5.41, 5.74) is 1.91. The zero-order chi connectivity index (χ0) is 12.7. The van der Waals surface area contributed by atoms with Crippen LogP contribution in [0.2, 0.25) is 0 Å². The van der Waals surface area contributed by atoms with Crippen LogP contribution in [-0.4, -0.2) is 29.2 Å². The topological polar surface area (TPSA) is 59.2 Å². The smallest absolute Gasteiger partial charge is 0.201 e. The summed E-state index contributed by atoms with van der Waals surface area (Å²) >= 11 is 0. The average molecular weight is 259 g/mol. The molecule has 0 unspecified atom stereocenters. The number of anilines is 1. The van der Waals surface area contributed by atoms with Crippen LogP contribution in [0.5, 0.6) is 11.5 Å². The van der Waals surface area contributed by atoms with Crippen molar-refractivity contribution in [3.63, 3.8) is 0 Å². The molecule has 5 nitrogen and oxygen atoms in total. The van der Waals surface area contributed by atoms with Gasteiger partial charge in [0.05, 0.1) is 11.0 Å². The van der Waals surface area contributed by atoms with Crippen molar-refractivity contribution in [2.45, 2.75) is 31.7 Å². The van der Waals surface area contributed by atoms with Gasteiger partial charge < -0.3 is 19.8 Å². The minimum Gasteiger partial charge on any atom is -0.486 e. The Hall–Kier alpha value is -1.91. The first-order valence-corrected chi connectivity index (χ1v) is 6.94. The second-order valence-electron chi connectivity index (χ2n) is 5.22. The number of hydrogen-bond acceptors (Lipinski definition) is 4. The van der Waals surface area contributed by atoms with E-state index in [0.717, 1.165) is 28.5 Å². The van der Waals surface area contributed by atoms with Gasteiger partial charge in [-0.05, 0) is 12.8 Å². The van der Waals surface area contributed by atoms with Crippen LogP contribution in [0.25, 0.3) is 11.0 Å². The SMILES string of the molecule is c1c2c(cc3[nH]c(NC4CCCC4)nc13)OCCO2. The molecular weight excluding hydrogens is 242 g/mol. The average Bonchev–Trinajstić information content (AvgIpc) is 3.05. The van der Waals surface area contributed by atoms with Crippen LogP contribution in [0.15, 0.2) is 12.1 Å². The maximum absolute atomic E-state index is 5.58. The number of rotatable bonds is 2. The Bertz CT molecular complexity index is 559. The van der Waals surface area contributed by atoms with E-state index in [4.69, 9.17) is 9.47 Å². The van der Waals surface area contributed by atoms with Crippen molar-refractivity contribution in [3.05, 3.63) is 12.1 Å². The van der Waals surface area contributed by atoms with Gasteiger partial charge in [0.15, 0.2) is 11.5 Å². The van der Waals surface area contributed by atoms with Crippen LogP contribution in [0.1, 0.15) is 25.7 Å². The molecule has 0 amide bonds. The number of aromatic amines is 1. The summed E-state index contributed by atoms with van der Waals surface area (Å²) in [4.78, 5) is 7.90. The molecular formula is C14H17N3O2. The highest BCUT2D eigenvalue weighted by Gasteiger charge is 2.18. The number of ether oxygens (including phenoxy) is 2. The summed E-state index contributed by atoms with van der Waals surface area (Å²) in [6.07, 6.45) is 5.10. The third kappa shape index (κ3) is 1.99. The molecule has 1 aromatic carbocycles. The quantitative estimate of drug-likeness (QED) is 0.870. The van der Waals surface area contributed by atoms with Crippen LogP contribution in [0.3, 0.4) is 0 Å². The molecule has 0 radical (unpaired) electrons. The third-order valence-electron chi connectivity index (χ3n) is 3.84. The molecule has 5 heteroatoms. The molecule has 2 aliphatic rings. The number of nitrogens with one attached hydrogen (secondary N) is 2. The van der Waals surface area contributed by atoms with E-state index in [-0.39, 0.29) is 0 Å². The number of hydrogen-bond donors (Lipinski definition) is 2. The van der Waals surface area contributed by atoms with Crippen molar-refractivity contribution < 1.29 is 9.47 Å². The summed E-state index contributed by atoms with van der Waals surface area (Å²) in [6, 6.07) is 4.47. The second kappa shape index (κ2) is 4.33. The van der Waals surface area contributed by atoms with Crippen LogP contribution < -0.4 is 14.8 Å². The Morgan fingerprint density at radius 1 is 1.11 bits per heavy atom. The fourth-order valence-corrected chi connectivity index (χ4v) is 2.88. The lowest BCUT2D eigenvalue weighted by Gasteiger charge is -2.17. The summed E-state index contributed by atoms with van der Waals surface area (Å²) in [5.74, 6) is 2.44. The van der Waals surface area contributed by atoms with E-state index in [9.17, 15) is 0 Å². The lowest BCUT2D eigenvalue weighted by atomic mass is 10.2. The number of aromatic nitrogens is 2. The summed E-state index contributed by atoms with van der Waals surface area (Å²) in [7, 11) is 0. The van der Waals surface area contributed by atoms with Crippen molar-refractivity contribution in [2.75, 3.05) is 18.5 Å². The molecule has 1 fully saturated rings. The number of fused-ring (bicyclic) bond motifs is 2. The van der Waals surface area contributed by atoms with Crippen molar-refractivity contribution >= 4 is 17.0 Å². The number of H-pyrrole nitrogens is 1. The Balaban J connectivity index is 1.66. The number of imidazole rings is 1. The molecule has 1 saturated carbocycles. The standard InChI is InChI=1S/C14H17N3O2/c1-2-4-9(3-1)15-14-16-10-7-12-13(8-11(10)17-14)19-6-5-18-12/h7-9H,1-6H2,(H2,15,16,17). The third-order valence-corrected chi connectivity index (χ3v) is 3.84. The van der Waals surface area contributed by atoms with Crippen molar-refractivity contribution in [1.29, 1.82) is 0 Å². The highest BCUT2D eigenvalue weighted by atomic mass is 16.6. The molecule has 2 N–H and O–H groups in total. The lowest BCUT2D eigenvalue weighted by Crippen LogP contribution is -2.15. The molecule has 0 saturated heterocycles. The van der Waals surface area contributed by atoms with Gasteiger partial charge >= 0.3 is 0 Å². The zero-order valence-electron chi connectivity index (χ0n) is 10.7. The molecule has 19 heavy (non-hydrogen) atoms. The van der Waals surface area contributed by atoms with Gasteiger partial charge in [-0.2, -0.15) is 0 Å². The van der Waals surface area contributed by atoms with Gasteiger partial charge in [-0.1, -0.05) is 12.8 Å². The van der Waals surface area contributed by atoms with E-state index in [1.165, 1.54) is 25.7 Å². The predicted octanol–water partition coefficient (Wildman–Crippen LogP) is 2.69. The van der Waals surface area contributed by atoms with E-state index in [1.807, 2.05) is 12.1 Å². The molecule has 1 aliphatic carbocycles. The molecule has 0 spiro atoms. The molecule has 0 bridgehead atoms. The monoisotopic (exact) mass is 259 g/mol. The number of benzene rings is 1. The Kier molecular flexibility index (Phi) is 2.50. The van der Waals surface area contributed by atoms with Crippen LogP contribution >= 0.6 is 0 Å². The summed E-state index contributed by atoms with van der Waals surface area (Å²) < 4.78 is 11.2. The highest BCUT2D eigenvalue weighted by molar-refractivity contribution is 5.81. The van der Waals surface area contributed by atoms with Crippen molar-refractivity contribution in [1.82, 2.24) is 9.97 Å².